The minimum absolute atomic E-state index is 0.307. The van der Waals surface area contributed by atoms with Gasteiger partial charge in [-0.1, -0.05) is 23.2 Å². The Morgan fingerprint density at radius 2 is 1.71 bits per heavy atom. The van der Waals surface area contributed by atoms with Gasteiger partial charge in [-0.3, -0.25) is 0 Å². The monoisotopic (exact) mass is 326 g/mol. The van der Waals surface area contributed by atoms with E-state index in [1.165, 1.54) is 0 Å². The van der Waals surface area contributed by atoms with Crippen molar-refractivity contribution >= 4 is 29.0 Å². The zero-order chi connectivity index (χ0) is 15.2. The SMILES string of the molecule is CCNc1nc(Oc2ccc(OCC)cc2)c(Cl)cc1Cl. The van der Waals surface area contributed by atoms with Crippen molar-refractivity contribution in [1.29, 1.82) is 0 Å². The van der Waals surface area contributed by atoms with E-state index in [0.29, 0.717) is 40.6 Å². The van der Waals surface area contributed by atoms with Crippen molar-refractivity contribution < 1.29 is 9.47 Å². The summed E-state index contributed by atoms with van der Waals surface area (Å²) in [4.78, 5) is 4.29. The zero-order valence-electron chi connectivity index (χ0n) is 11.8. The van der Waals surface area contributed by atoms with Gasteiger partial charge in [0.15, 0.2) is 0 Å². The van der Waals surface area contributed by atoms with Gasteiger partial charge in [0.2, 0.25) is 5.88 Å². The van der Waals surface area contributed by atoms with Gasteiger partial charge in [-0.15, -0.1) is 0 Å². The maximum atomic E-state index is 6.11. The Balaban J connectivity index is 2.20. The van der Waals surface area contributed by atoms with Crippen LogP contribution in [0, 0.1) is 0 Å². The highest BCUT2D eigenvalue weighted by Gasteiger charge is 2.11. The number of nitrogens with one attached hydrogen (secondary N) is 1. The number of hydrogen-bond acceptors (Lipinski definition) is 4. The summed E-state index contributed by atoms with van der Waals surface area (Å²) < 4.78 is 11.1. The normalized spacial score (nSPS) is 10.3. The van der Waals surface area contributed by atoms with Gasteiger partial charge >= 0.3 is 0 Å². The van der Waals surface area contributed by atoms with Gasteiger partial charge in [-0.2, -0.15) is 4.98 Å². The Morgan fingerprint density at radius 3 is 2.33 bits per heavy atom. The number of aromatic nitrogens is 1. The first kappa shape index (κ1) is 15.7. The summed E-state index contributed by atoms with van der Waals surface area (Å²) in [6.45, 7) is 5.22. The molecule has 6 heteroatoms. The van der Waals surface area contributed by atoms with E-state index in [2.05, 4.69) is 10.3 Å². The quantitative estimate of drug-likeness (QED) is 0.810. The molecule has 21 heavy (non-hydrogen) atoms. The van der Waals surface area contributed by atoms with Gasteiger partial charge in [0, 0.05) is 6.54 Å². The summed E-state index contributed by atoms with van der Waals surface area (Å²) in [5, 5.41) is 3.87. The van der Waals surface area contributed by atoms with Crippen LogP contribution in [-0.4, -0.2) is 18.1 Å². The Labute approximate surface area is 134 Å². The fraction of sp³-hybridized carbons (Fsp3) is 0.267. The van der Waals surface area contributed by atoms with Gasteiger partial charge in [-0.05, 0) is 44.2 Å². The van der Waals surface area contributed by atoms with E-state index in [9.17, 15) is 0 Å². The van der Waals surface area contributed by atoms with Crippen LogP contribution in [0.2, 0.25) is 10.0 Å². The minimum Gasteiger partial charge on any atom is -0.494 e. The highest BCUT2D eigenvalue weighted by atomic mass is 35.5. The second-order valence-corrected chi connectivity index (χ2v) is 4.96. The molecule has 0 amide bonds. The fourth-order valence-electron chi connectivity index (χ4n) is 1.69. The number of rotatable bonds is 6. The van der Waals surface area contributed by atoms with Gasteiger partial charge < -0.3 is 14.8 Å². The van der Waals surface area contributed by atoms with Crippen molar-refractivity contribution in [3.8, 4) is 17.4 Å². The van der Waals surface area contributed by atoms with Crippen molar-refractivity contribution in [3.63, 3.8) is 0 Å². The number of hydrogen-bond donors (Lipinski definition) is 1. The molecule has 0 atom stereocenters. The molecule has 0 fully saturated rings. The van der Waals surface area contributed by atoms with Crippen molar-refractivity contribution in [2.75, 3.05) is 18.5 Å². The van der Waals surface area contributed by atoms with Crippen LogP contribution in [0.1, 0.15) is 13.8 Å². The number of halogens is 2. The second kappa shape index (κ2) is 7.38. The molecule has 2 rings (SSSR count). The molecule has 0 aliphatic rings. The third kappa shape index (κ3) is 4.16. The molecule has 0 saturated carbocycles. The minimum atomic E-state index is 0.307. The molecule has 1 aromatic heterocycles. The van der Waals surface area contributed by atoms with Crippen LogP contribution < -0.4 is 14.8 Å². The van der Waals surface area contributed by atoms with Gasteiger partial charge in [0.25, 0.3) is 0 Å². The largest absolute Gasteiger partial charge is 0.494 e. The number of pyridine rings is 1. The highest BCUT2D eigenvalue weighted by Crippen LogP contribution is 2.33. The number of nitrogens with zero attached hydrogens (tertiary/aromatic N) is 1. The molecule has 2 aromatic rings. The predicted octanol–water partition coefficient (Wildman–Crippen LogP) is 5.01. The molecule has 0 aliphatic heterocycles. The average molecular weight is 327 g/mol. The highest BCUT2D eigenvalue weighted by molar-refractivity contribution is 6.36. The number of anilines is 1. The van der Waals surface area contributed by atoms with Crippen LogP contribution in [0.4, 0.5) is 5.82 Å². The van der Waals surface area contributed by atoms with Gasteiger partial charge in [-0.25, -0.2) is 0 Å². The lowest BCUT2D eigenvalue weighted by Crippen LogP contribution is -2.01. The molecule has 4 nitrogen and oxygen atoms in total. The van der Waals surface area contributed by atoms with Crippen molar-refractivity contribution in [1.82, 2.24) is 4.98 Å². The standard InChI is InChI=1S/C15H16Cl2N2O2/c1-3-18-14-12(16)9-13(17)15(19-14)21-11-7-5-10(6-8-11)20-4-2/h5-9H,3-4H2,1-2H3,(H,18,19). The van der Waals surface area contributed by atoms with Crippen molar-refractivity contribution in [3.05, 3.63) is 40.4 Å². The number of ether oxygens (including phenoxy) is 2. The molecule has 0 aliphatic carbocycles. The topological polar surface area (TPSA) is 43.4 Å². The van der Waals surface area contributed by atoms with Crippen LogP contribution in [0.3, 0.4) is 0 Å². The third-order valence-electron chi connectivity index (χ3n) is 2.59. The summed E-state index contributed by atoms with van der Waals surface area (Å²) in [6.07, 6.45) is 0. The summed E-state index contributed by atoms with van der Waals surface area (Å²) in [6, 6.07) is 8.86. The first-order chi connectivity index (χ1) is 10.1. The zero-order valence-corrected chi connectivity index (χ0v) is 13.3. The Kier molecular flexibility index (Phi) is 5.53. The lowest BCUT2D eigenvalue weighted by molar-refractivity contribution is 0.339. The van der Waals surface area contributed by atoms with Gasteiger partial charge in [0.05, 0.1) is 11.6 Å². The van der Waals surface area contributed by atoms with Crippen LogP contribution >= 0.6 is 23.2 Å². The fourth-order valence-corrected chi connectivity index (χ4v) is 2.16. The lowest BCUT2D eigenvalue weighted by atomic mass is 10.3. The van der Waals surface area contributed by atoms with E-state index in [1.54, 1.807) is 18.2 Å². The van der Waals surface area contributed by atoms with E-state index in [0.717, 1.165) is 5.75 Å². The van der Waals surface area contributed by atoms with E-state index < -0.39 is 0 Å². The van der Waals surface area contributed by atoms with Crippen LogP contribution in [0.15, 0.2) is 30.3 Å². The molecule has 0 bridgehead atoms. The molecule has 1 N–H and O–H groups in total. The van der Waals surface area contributed by atoms with Crippen molar-refractivity contribution in [2.45, 2.75) is 13.8 Å². The first-order valence-electron chi connectivity index (χ1n) is 6.64. The molecule has 0 unspecified atom stereocenters. The average Bonchev–Trinajstić information content (AvgIpc) is 2.46. The van der Waals surface area contributed by atoms with E-state index in [1.807, 2.05) is 26.0 Å². The third-order valence-corrected chi connectivity index (χ3v) is 3.15. The van der Waals surface area contributed by atoms with Crippen LogP contribution in [0.25, 0.3) is 0 Å². The summed E-state index contributed by atoms with van der Waals surface area (Å²) in [5.74, 6) is 2.26. The van der Waals surface area contributed by atoms with Gasteiger partial charge in [0.1, 0.15) is 22.3 Å². The molecule has 0 radical (unpaired) electrons. The molecule has 1 aromatic carbocycles. The van der Waals surface area contributed by atoms with E-state index >= 15 is 0 Å². The summed E-state index contributed by atoms with van der Waals surface area (Å²) in [5.41, 5.74) is 0. The second-order valence-electron chi connectivity index (χ2n) is 4.14. The molecule has 1 heterocycles. The van der Waals surface area contributed by atoms with Crippen LogP contribution in [-0.2, 0) is 0 Å². The first-order valence-corrected chi connectivity index (χ1v) is 7.40. The molecule has 0 spiro atoms. The molecular weight excluding hydrogens is 311 g/mol. The molecule has 112 valence electrons. The number of benzene rings is 1. The Morgan fingerprint density at radius 1 is 1.05 bits per heavy atom. The maximum Gasteiger partial charge on any atom is 0.240 e. The van der Waals surface area contributed by atoms with Crippen LogP contribution in [0.5, 0.6) is 17.4 Å². The molecule has 0 saturated heterocycles. The van der Waals surface area contributed by atoms with E-state index in [-0.39, 0.29) is 0 Å². The summed E-state index contributed by atoms with van der Waals surface area (Å²) >= 11 is 12.2. The van der Waals surface area contributed by atoms with Crippen molar-refractivity contribution in [2.24, 2.45) is 0 Å². The maximum absolute atomic E-state index is 6.11. The van der Waals surface area contributed by atoms with E-state index in [4.69, 9.17) is 32.7 Å². The Bertz CT molecular complexity index is 603. The Hall–Kier alpha value is -1.65. The summed E-state index contributed by atoms with van der Waals surface area (Å²) in [7, 11) is 0. The lowest BCUT2D eigenvalue weighted by Gasteiger charge is -2.11. The predicted molar refractivity (Wildman–Crippen MR) is 86.1 cm³/mol. The molecular formula is C15H16Cl2N2O2. The smallest absolute Gasteiger partial charge is 0.240 e.